The van der Waals surface area contributed by atoms with Crippen LogP contribution >= 0.6 is 34.8 Å². The molecule has 2 N–H and O–H groups in total. The Hall–Kier alpha value is -0.680. The third-order valence-corrected chi connectivity index (χ3v) is 4.72. The lowest BCUT2D eigenvalue weighted by Crippen LogP contribution is -2.22. The van der Waals surface area contributed by atoms with Crippen LogP contribution in [-0.4, -0.2) is 11.9 Å². The van der Waals surface area contributed by atoms with Crippen molar-refractivity contribution in [2.24, 2.45) is 5.73 Å². The van der Waals surface area contributed by atoms with Gasteiger partial charge in [-0.1, -0.05) is 47.5 Å². The Labute approximate surface area is 141 Å². The molecule has 0 amide bonds. The van der Waals surface area contributed by atoms with Crippen molar-refractivity contribution in [2.75, 3.05) is 6.54 Å². The number of allylic oxidation sites excluding steroid dienone is 4. The fourth-order valence-corrected chi connectivity index (χ4v) is 3.46. The van der Waals surface area contributed by atoms with E-state index >= 15 is 0 Å². The third kappa shape index (κ3) is 3.46. The highest BCUT2D eigenvalue weighted by molar-refractivity contribution is 6.41. The molecule has 0 saturated heterocycles. The first-order valence-corrected chi connectivity index (χ1v) is 7.73. The number of alkyl halides is 4. The van der Waals surface area contributed by atoms with Gasteiger partial charge in [-0.3, -0.25) is 0 Å². The van der Waals surface area contributed by atoms with E-state index in [0.717, 1.165) is 0 Å². The SMILES string of the molecule is NCCc1cccc(C2C(Cl)=C(Cl)C=CC2Cl)c1C(F)(F)F. The fraction of sp³-hybridized carbons (Fsp3) is 0.333. The minimum absolute atomic E-state index is 0.0194. The second-order valence-corrected chi connectivity index (χ2v) is 6.21. The van der Waals surface area contributed by atoms with E-state index in [1.54, 1.807) is 6.07 Å². The van der Waals surface area contributed by atoms with Crippen LogP contribution in [0.5, 0.6) is 0 Å². The van der Waals surface area contributed by atoms with Crippen molar-refractivity contribution in [1.82, 2.24) is 0 Å². The van der Waals surface area contributed by atoms with Gasteiger partial charge in [0.05, 0.1) is 16.0 Å². The zero-order valence-electron chi connectivity index (χ0n) is 11.3. The van der Waals surface area contributed by atoms with Gasteiger partial charge in [0.25, 0.3) is 0 Å². The fourth-order valence-electron chi connectivity index (χ4n) is 2.55. The molecule has 2 rings (SSSR count). The molecule has 1 aromatic carbocycles. The summed E-state index contributed by atoms with van der Waals surface area (Å²) in [6.45, 7) is 0.117. The molecule has 0 aromatic heterocycles. The normalized spacial score (nSPS) is 22.3. The lowest BCUT2D eigenvalue weighted by Gasteiger charge is -2.28. The Morgan fingerprint density at radius 3 is 2.45 bits per heavy atom. The maximum absolute atomic E-state index is 13.5. The molecule has 1 nitrogen and oxygen atoms in total. The number of rotatable bonds is 3. The molecule has 7 heteroatoms. The van der Waals surface area contributed by atoms with E-state index in [4.69, 9.17) is 40.5 Å². The van der Waals surface area contributed by atoms with Crippen molar-refractivity contribution in [3.05, 3.63) is 57.1 Å². The van der Waals surface area contributed by atoms with Gasteiger partial charge in [0, 0.05) is 11.0 Å². The van der Waals surface area contributed by atoms with Crippen LogP contribution in [0, 0.1) is 0 Å². The van der Waals surface area contributed by atoms with Gasteiger partial charge >= 0.3 is 6.18 Å². The predicted molar refractivity (Wildman–Crippen MR) is 84.5 cm³/mol. The summed E-state index contributed by atoms with van der Waals surface area (Å²) in [5.41, 5.74) is 4.84. The van der Waals surface area contributed by atoms with Crippen LogP contribution in [0.15, 0.2) is 40.4 Å². The molecule has 0 heterocycles. The van der Waals surface area contributed by atoms with Crippen LogP contribution < -0.4 is 5.73 Å². The van der Waals surface area contributed by atoms with Crippen molar-refractivity contribution in [3.8, 4) is 0 Å². The largest absolute Gasteiger partial charge is 0.416 e. The zero-order chi connectivity index (χ0) is 16.5. The summed E-state index contributed by atoms with van der Waals surface area (Å²) < 4.78 is 40.6. The highest BCUT2D eigenvalue weighted by atomic mass is 35.5. The Morgan fingerprint density at radius 2 is 1.86 bits per heavy atom. The first-order chi connectivity index (χ1) is 10.3. The molecule has 120 valence electrons. The van der Waals surface area contributed by atoms with E-state index in [9.17, 15) is 13.2 Å². The van der Waals surface area contributed by atoms with Gasteiger partial charge in [-0.25, -0.2) is 0 Å². The number of hydrogen-bond acceptors (Lipinski definition) is 1. The number of nitrogens with two attached hydrogens (primary N) is 1. The summed E-state index contributed by atoms with van der Waals surface area (Å²) in [5, 5.41) is -0.398. The van der Waals surface area contributed by atoms with E-state index in [0.29, 0.717) is 0 Å². The van der Waals surface area contributed by atoms with Gasteiger partial charge in [-0.05, 0) is 30.2 Å². The molecule has 1 aliphatic rings. The van der Waals surface area contributed by atoms with Gasteiger partial charge in [-0.15, -0.1) is 11.6 Å². The predicted octanol–water partition coefficient (Wildman–Crippen LogP) is 5.16. The molecule has 2 atom stereocenters. The molecule has 0 bridgehead atoms. The molecule has 0 aliphatic heterocycles. The van der Waals surface area contributed by atoms with Crippen LogP contribution in [0.25, 0.3) is 0 Å². The van der Waals surface area contributed by atoms with E-state index in [-0.39, 0.29) is 34.2 Å². The van der Waals surface area contributed by atoms with Crippen molar-refractivity contribution in [3.63, 3.8) is 0 Å². The minimum atomic E-state index is -4.53. The number of benzene rings is 1. The average Bonchev–Trinajstić information content (AvgIpc) is 2.43. The average molecular weight is 371 g/mol. The summed E-state index contributed by atoms with van der Waals surface area (Å²) >= 11 is 18.3. The van der Waals surface area contributed by atoms with Crippen molar-refractivity contribution < 1.29 is 13.2 Å². The standard InChI is InChI=1S/C15H13Cl3F3N/c16-10-4-5-11(17)14(18)12(10)9-3-1-2-8(6-7-22)13(9)15(19,20)21/h1-5,10,12H,6-7,22H2. The van der Waals surface area contributed by atoms with E-state index in [2.05, 4.69) is 0 Å². The van der Waals surface area contributed by atoms with Crippen molar-refractivity contribution >= 4 is 34.8 Å². The van der Waals surface area contributed by atoms with Gasteiger partial charge in [-0.2, -0.15) is 13.2 Å². The maximum atomic E-state index is 13.5. The summed E-state index contributed by atoms with van der Waals surface area (Å²) in [6.07, 6.45) is -1.37. The van der Waals surface area contributed by atoms with Crippen molar-refractivity contribution in [1.29, 1.82) is 0 Å². The molecule has 0 fully saturated rings. The van der Waals surface area contributed by atoms with E-state index in [1.807, 2.05) is 0 Å². The number of hydrogen-bond donors (Lipinski definition) is 1. The summed E-state index contributed by atoms with van der Waals surface area (Å²) in [4.78, 5) is 0. The van der Waals surface area contributed by atoms with Crippen LogP contribution in [0.3, 0.4) is 0 Å². The zero-order valence-corrected chi connectivity index (χ0v) is 13.6. The second-order valence-electron chi connectivity index (χ2n) is 4.89. The molecule has 1 aromatic rings. The van der Waals surface area contributed by atoms with Crippen LogP contribution in [0.4, 0.5) is 13.2 Å². The van der Waals surface area contributed by atoms with Gasteiger partial charge in [0.1, 0.15) is 0 Å². The minimum Gasteiger partial charge on any atom is -0.330 e. The van der Waals surface area contributed by atoms with Gasteiger partial charge in [0.15, 0.2) is 0 Å². The smallest absolute Gasteiger partial charge is 0.330 e. The van der Waals surface area contributed by atoms with Gasteiger partial charge < -0.3 is 5.73 Å². The monoisotopic (exact) mass is 369 g/mol. The summed E-state index contributed by atoms with van der Waals surface area (Å²) in [7, 11) is 0. The molecule has 1 aliphatic carbocycles. The Balaban J connectivity index is 2.65. The van der Waals surface area contributed by atoms with Crippen LogP contribution in [0.1, 0.15) is 22.6 Å². The van der Waals surface area contributed by atoms with E-state index in [1.165, 1.54) is 24.3 Å². The number of halogens is 6. The Morgan fingerprint density at radius 1 is 1.18 bits per heavy atom. The Kier molecular flexibility index (Phi) is 5.49. The molecule has 0 spiro atoms. The first-order valence-electron chi connectivity index (χ1n) is 6.53. The van der Waals surface area contributed by atoms with E-state index < -0.39 is 23.0 Å². The first kappa shape index (κ1) is 17.7. The second kappa shape index (κ2) is 6.83. The van der Waals surface area contributed by atoms with Crippen LogP contribution in [-0.2, 0) is 12.6 Å². The highest BCUT2D eigenvalue weighted by Gasteiger charge is 2.40. The Bertz CT molecular complexity index is 623. The molecule has 0 radical (unpaired) electrons. The topological polar surface area (TPSA) is 26.0 Å². The lowest BCUT2D eigenvalue weighted by molar-refractivity contribution is -0.138. The summed E-state index contributed by atoms with van der Waals surface area (Å²) in [6, 6.07) is 4.35. The van der Waals surface area contributed by atoms with Gasteiger partial charge in [0.2, 0.25) is 0 Å². The molecular formula is C15H13Cl3F3N. The lowest BCUT2D eigenvalue weighted by atomic mass is 9.85. The van der Waals surface area contributed by atoms with Crippen LogP contribution in [0.2, 0.25) is 0 Å². The quantitative estimate of drug-likeness (QED) is 0.731. The molecule has 0 saturated carbocycles. The molecule has 22 heavy (non-hydrogen) atoms. The highest BCUT2D eigenvalue weighted by Crippen LogP contribution is 2.46. The molecular weight excluding hydrogens is 358 g/mol. The molecule has 2 unspecified atom stereocenters. The maximum Gasteiger partial charge on any atom is 0.416 e. The third-order valence-electron chi connectivity index (χ3n) is 3.46. The summed E-state index contributed by atoms with van der Waals surface area (Å²) in [5.74, 6) is -0.838. The van der Waals surface area contributed by atoms with Crippen molar-refractivity contribution in [2.45, 2.75) is 23.9 Å².